The third kappa shape index (κ3) is 37.2. The van der Waals surface area contributed by atoms with Gasteiger partial charge in [0.15, 0.2) is 40.7 Å². The first-order chi connectivity index (χ1) is 63.5. The van der Waals surface area contributed by atoms with Crippen LogP contribution in [0.1, 0.15) is 126 Å². The molecule has 0 aliphatic carbocycles. The number of aliphatic hydroxyl groups is 8. The number of hydrogen-bond acceptors (Lipinski definition) is 35. The minimum absolute atomic E-state index is 0.0455. The highest BCUT2D eigenvalue weighted by atomic mass is 32.1. The normalized spacial score (nSPS) is 25.5. The van der Waals surface area contributed by atoms with Crippen molar-refractivity contribution in [1.29, 1.82) is 0 Å². The van der Waals surface area contributed by atoms with E-state index in [1.165, 1.54) is 98.1 Å². The lowest BCUT2D eigenvalue weighted by Gasteiger charge is -2.21. The molecule has 5 aliphatic rings. The van der Waals surface area contributed by atoms with Gasteiger partial charge in [-0.2, -0.15) is 0 Å². The topological polar surface area (TPSA) is 612 Å². The van der Waals surface area contributed by atoms with Gasteiger partial charge in [-0.3, -0.25) is 95.7 Å². The number of nitrogens with one attached hydrogen (secondary N) is 10. The van der Waals surface area contributed by atoms with Crippen LogP contribution in [0.2, 0.25) is 0 Å². The second kappa shape index (κ2) is 53.0. The highest BCUT2D eigenvalue weighted by molar-refractivity contribution is 7.73. The average Bonchev–Trinajstić information content (AvgIpc) is 1.67. The molecule has 5 aliphatic heterocycles. The van der Waals surface area contributed by atoms with Crippen molar-refractivity contribution in [1.82, 2.24) is 74.3 Å². The Kier molecular flexibility index (Phi) is 46.1. The summed E-state index contributed by atoms with van der Waals surface area (Å²) in [5, 5.41) is 97.7. The van der Waals surface area contributed by atoms with Crippen LogP contribution in [0.4, 0.5) is 0 Å². The third-order valence-corrected chi connectivity index (χ3v) is 30.3. The van der Waals surface area contributed by atoms with Gasteiger partial charge in [0, 0.05) is 106 Å². The van der Waals surface area contributed by atoms with Crippen molar-refractivity contribution in [3.63, 3.8) is 0 Å². The highest BCUT2D eigenvalue weighted by Gasteiger charge is 2.50. The number of nitrogens with zero attached hydrogens (tertiary/aromatic N) is 5. The van der Waals surface area contributed by atoms with Gasteiger partial charge in [-0.25, -0.2) is 14.4 Å². The maximum absolute atomic E-state index is 12.4. The summed E-state index contributed by atoms with van der Waals surface area (Å²) in [5.41, 5.74) is -2.96. The van der Waals surface area contributed by atoms with Crippen LogP contribution >= 0.6 is 58.9 Å². The van der Waals surface area contributed by atoms with Gasteiger partial charge in [-0.15, -0.1) is 65.9 Å². The fraction of sp³-hybridized carbons (Fsp3) is 0.655. The third-order valence-electron chi connectivity index (χ3n) is 22.3. The van der Waals surface area contributed by atoms with E-state index in [4.69, 9.17) is 57.6 Å². The molecule has 43 nitrogen and oxygen atoms in total. The number of H-pyrrole nitrogens is 5. The van der Waals surface area contributed by atoms with E-state index in [0.29, 0.717) is 43.2 Å². The van der Waals surface area contributed by atoms with E-state index >= 15 is 0 Å². The number of aromatic nitrogens is 10. The summed E-state index contributed by atoms with van der Waals surface area (Å²) in [6, 6.07) is 0. The lowest BCUT2D eigenvalue weighted by molar-refractivity contribution is -0.117. The van der Waals surface area contributed by atoms with Crippen LogP contribution in [0.5, 0.6) is 0 Å². The molecule has 5 aromatic heterocycles. The Morgan fingerprint density at radius 2 is 0.504 bits per heavy atom. The number of aliphatic hydroxyl groups excluding tert-OH is 8. The Morgan fingerprint density at radius 1 is 0.321 bits per heavy atom. The fourth-order valence-electron chi connectivity index (χ4n) is 14.9. The lowest BCUT2D eigenvalue weighted by Crippen LogP contribution is -2.40. The van der Waals surface area contributed by atoms with Crippen molar-refractivity contribution in [3.8, 4) is 0 Å². The van der Waals surface area contributed by atoms with E-state index in [2.05, 4.69) is 150 Å². The second-order valence-electron chi connectivity index (χ2n) is 38.5. The molecule has 0 amide bonds. The number of rotatable bonds is 42. The summed E-state index contributed by atoms with van der Waals surface area (Å²) in [7, 11) is 2.88. The maximum Gasteiger partial charge on any atom is 0.330 e. The molecule has 20 atom stereocenters. The van der Waals surface area contributed by atoms with Gasteiger partial charge < -0.3 is 101 Å². The standard InChI is InChI=1S/2C18H30N3O6P.C17H28N3O6P.2C17H28N3O5PS/c2*1-11(22)8-19-9-12-10-21(18(25)20-16(12)24)17-15(26-2)14(23)13(27-17)6-7-28(3,4)5;1-10(21)7-18-8-11-9-20(17(25)19-15(11)24)16-14(23)13(22)12(26-16)5-6-27(2,3)4;2*1-10(21)7-18-8-11-9-20(17(27)19-15(11)24)16-14(23)13(22)12(25-16)5-6-26(2,3)4/h2*10,13-15,17,19,23H,3,6-9H2,1-2,4-5H3,(H,20,24,25);9,12-14,16,18,22-23H,2,5-8H2,1,3-4H3,(H,19,24,25);2*9,12-14,16,18,22-23H,2,5-8H2,1,3-4H3,(H,19,24,27)/t2*13-,14-,15-,17?;3*12-,13-,14-,16?/m11111/s1. The van der Waals surface area contributed by atoms with Crippen LogP contribution in [-0.4, -0.2) is 385 Å². The van der Waals surface area contributed by atoms with E-state index in [1.54, 1.807) is 0 Å². The Labute approximate surface area is 805 Å². The molecule has 772 valence electrons. The SMILES string of the molecule is C=P(C)(C)CC[C@H]1OC(n2cc(CNCC(C)=O)c(=O)[nH]c2=O)[C@H](O)[C@@H]1O.C=P(C)(C)CC[C@H]1OC(n2cc(CNCC(C)=O)c(=O)[nH]c2=O)[C@H](OC)[C@@H]1O.C=P(C)(C)CC[C@H]1OC(n2cc(CNCC(C)=O)c(=O)[nH]c2=O)[C@H](OC)[C@@H]1O.C=P(C)(C)CC[C@H]1OC(n2cc(CNCC(C)=O)c(=O)[nH]c2=S)[C@H](O)[C@@H]1O.C=P(C)(C)CC[C@H]1OC(n2cc(CNCC(C)=O)c(=O)[nH]c2=S)[C@H](O)[C@@H]1O. The summed E-state index contributed by atoms with van der Waals surface area (Å²) < 4.78 is 46.8. The number of methoxy groups -OCH3 is 2. The number of carbonyl (C=O) groups is 5. The van der Waals surface area contributed by atoms with Gasteiger partial charge in [0.25, 0.3) is 27.8 Å². The van der Waals surface area contributed by atoms with Gasteiger partial charge in [0.1, 0.15) is 90.0 Å². The average molecular weight is 2070 g/mol. The van der Waals surface area contributed by atoms with Crippen LogP contribution in [-0.2, 0) is 89.9 Å². The minimum atomic E-state index is -1.33. The number of carbonyl (C=O) groups excluding carboxylic acids is 5. The summed E-state index contributed by atoms with van der Waals surface area (Å²) in [5.74, 6) is -0.306. The van der Waals surface area contributed by atoms with E-state index in [1.807, 2.05) is 0 Å². The summed E-state index contributed by atoms with van der Waals surface area (Å²) >= 11 is 10.4. The lowest BCUT2D eigenvalue weighted by atomic mass is 10.1. The van der Waals surface area contributed by atoms with Crippen molar-refractivity contribution in [3.05, 3.63) is 152 Å². The Balaban J connectivity index is 0.000000263. The largest absolute Gasteiger partial charge is 0.388 e. The van der Waals surface area contributed by atoms with Gasteiger partial charge >= 0.3 is 17.1 Å². The maximum atomic E-state index is 12.4. The molecule has 5 unspecified atom stereocenters. The molecule has 0 radical (unpaired) electrons. The van der Waals surface area contributed by atoms with Crippen LogP contribution in [0.3, 0.4) is 0 Å². The molecule has 10 heterocycles. The smallest absolute Gasteiger partial charge is 0.330 e. The molecule has 137 heavy (non-hydrogen) atoms. The van der Waals surface area contributed by atoms with Crippen LogP contribution in [0.25, 0.3) is 0 Å². The predicted molar refractivity (Wildman–Crippen MR) is 544 cm³/mol. The Bertz CT molecular complexity index is 5410. The van der Waals surface area contributed by atoms with E-state index in [-0.39, 0.29) is 132 Å². The molecule has 0 aromatic carbocycles. The number of hydrogen-bond donors (Lipinski definition) is 18. The van der Waals surface area contributed by atoms with Crippen molar-refractivity contribution in [2.45, 2.75) is 222 Å². The van der Waals surface area contributed by atoms with Crippen LogP contribution in [0, 0.1) is 9.54 Å². The number of ketones is 5. The van der Waals surface area contributed by atoms with Crippen LogP contribution in [0.15, 0.2) is 69.3 Å². The summed E-state index contributed by atoms with van der Waals surface area (Å²) in [4.78, 5) is 164. The van der Waals surface area contributed by atoms with Gasteiger partial charge in [-0.05, 0) is 189 Å². The quantitative estimate of drug-likeness (QED) is 0.0160. The second-order valence-corrected chi connectivity index (χ2v) is 60.9. The fourth-order valence-corrected chi connectivity index (χ4v) is 20.2. The van der Waals surface area contributed by atoms with Crippen molar-refractivity contribution in [2.75, 3.05) is 144 Å². The van der Waals surface area contributed by atoms with Gasteiger partial charge in [0.05, 0.1) is 63.2 Å². The van der Waals surface area contributed by atoms with E-state index in [0.717, 1.165) is 35.4 Å². The molecule has 0 saturated carbocycles. The van der Waals surface area contributed by atoms with Gasteiger partial charge in [0.2, 0.25) is 0 Å². The van der Waals surface area contributed by atoms with Crippen molar-refractivity contribution >= 4 is 119 Å². The first-order valence-electron chi connectivity index (χ1n) is 44.4. The van der Waals surface area contributed by atoms with Crippen molar-refractivity contribution in [2.24, 2.45) is 0 Å². The molecule has 18 N–H and O–H groups in total. The minimum Gasteiger partial charge on any atom is -0.388 e. The molecule has 10 rings (SSSR count). The molecular formula is C87H144N15O28P5S2. The first-order valence-corrected chi connectivity index (χ1v) is 60.5. The molecular weight excluding hydrogens is 1920 g/mol. The molecule has 5 saturated heterocycles. The van der Waals surface area contributed by atoms with E-state index < -0.39 is 191 Å². The Morgan fingerprint density at radius 3 is 0.708 bits per heavy atom. The zero-order valence-electron chi connectivity index (χ0n) is 81.1. The van der Waals surface area contributed by atoms with Crippen LogP contribution < -0.4 is 71.4 Å². The zero-order chi connectivity index (χ0) is 103. The van der Waals surface area contributed by atoms with Gasteiger partial charge in [-0.1, -0.05) is 0 Å². The number of aromatic amines is 5. The molecule has 50 heteroatoms. The molecule has 0 bridgehead atoms. The zero-order valence-corrected chi connectivity index (χ0v) is 87.2. The van der Waals surface area contributed by atoms with E-state index in [9.17, 15) is 103 Å². The van der Waals surface area contributed by atoms with Crippen molar-refractivity contribution < 1.29 is 98.0 Å². The predicted octanol–water partition coefficient (Wildman–Crippen LogP) is -1.28. The monoisotopic (exact) mass is 2070 g/mol. The molecule has 5 fully saturated rings. The highest BCUT2D eigenvalue weighted by Crippen LogP contribution is 2.45. The Hall–Kier alpha value is -6.71. The molecule has 0 spiro atoms. The molecule has 5 aromatic rings. The summed E-state index contributed by atoms with van der Waals surface area (Å²) in [6.45, 7) is 22.9. The summed E-state index contributed by atoms with van der Waals surface area (Å²) in [6.07, 6.45) is 17.3. The first kappa shape index (κ1) is 119. The number of Topliss-reactive ketones (excluding diaryl/α,β-unsaturated/α-hetero) is 5. The number of ether oxygens (including phenoxy) is 7.